The molecule has 0 aliphatic carbocycles. The number of nitrogens with two attached hydrogens (primary N) is 1. The van der Waals surface area contributed by atoms with Crippen LogP contribution in [0.25, 0.3) is 0 Å². The first-order chi connectivity index (χ1) is 16.4. The molecule has 0 aromatic heterocycles. The second kappa shape index (κ2) is 14.3. The molecule has 0 saturated carbocycles. The molecule has 3 amide bonds. The Labute approximate surface area is 201 Å². The molecule has 8 N–H and O–H groups in total. The van der Waals surface area contributed by atoms with E-state index in [0.29, 0.717) is 5.56 Å². The maximum atomic E-state index is 13.0. The van der Waals surface area contributed by atoms with Crippen LogP contribution in [0.2, 0.25) is 0 Å². The van der Waals surface area contributed by atoms with E-state index in [1.54, 1.807) is 30.3 Å². The van der Waals surface area contributed by atoms with Crippen LogP contribution in [-0.2, 0) is 35.2 Å². The van der Waals surface area contributed by atoms with E-state index in [1.165, 1.54) is 6.92 Å². The largest absolute Gasteiger partial charge is 0.481 e. The standard InChI is InChI=1S/C22H30N4O9/c1-12(22(34)35)24-20(32)15(8-10-18(29)30)25-21(33)16(11-13-5-3-2-4-6-13)26-19(31)14(23)7-9-17(27)28/h2-6,12,14-16H,7-11,23H2,1H3,(H,24,32)(H,25,33)(H,26,31)(H,27,28)(H,29,30)(H,34,35). The summed E-state index contributed by atoms with van der Waals surface area (Å²) in [6, 6.07) is 3.42. The summed E-state index contributed by atoms with van der Waals surface area (Å²) in [5, 5.41) is 33.7. The lowest BCUT2D eigenvalue weighted by molar-refractivity contribution is -0.142. The fourth-order valence-corrected chi connectivity index (χ4v) is 2.93. The number of hydrogen-bond acceptors (Lipinski definition) is 7. The minimum atomic E-state index is -1.39. The number of carbonyl (C=O) groups excluding carboxylic acids is 3. The average molecular weight is 495 g/mol. The third-order valence-corrected chi connectivity index (χ3v) is 4.93. The number of nitrogens with one attached hydrogen (secondary N) is 3. The highest BCUT2D eigenvalue weighted by atomic mass is 16.4. The van der Waals surface area contributed by atoms with Crippen molar-refractivity contribution in [1.82, 2.24) is 16.0 Å². The number of benzene rings is 1. The quantitative estimate of drug-likeness (QED) is 0.155. The van der Waals surface area contributed by atoms with E-state index in [1.807, 2.05) is 0 Å². The first-order valence-corrected chi connectivity index (χ1v) is 10.8. The third kappa shape index (κ3) is 11.1. The second-order valence-electron chi connectivity index (χ2n) is 7.85. The molecular weight excluding hydrogens is 464 g/mol. The van der Waals surface area contributed by atoms with Crippen LogP contribution in [0.1, 0.15) is 38.2 Å². The Morgan fingerprint density at radius 1 is 0.771 bits per heavy atom. The zero-order valence-corrected chi connectivity index (χ0v) is 19.1. The van der Waals surface area contributed by atoms with Gasteiger partial charge in [0.25, 0.3) is 0 Å². The Hall–Kier alpha value is -4.00. The molecule has 35 heavy (non-hydrogen) atoms. The molecule has 0 radical (unpaired) electrons. The molecular formula is C22H30N4O9. The molecule has 1 aromatic rings. The highest BCUT2D eigenvalue weighted by molar-refractivity contribution is 5.94. The van der Waals surface area contributed by atoms with Crippen LogP contribution < -0.4 is 21.7 Å². The van der Waals surface area contributed by atoms with E-state index < -0.39 is 66.2 Å². The van der Waals surface area contributed by atoms with Crippen LogP contribution in [0.4, 0.5) is 0 Å². The lowest BCUT2D eigenvalue weighted by Gasteiger charge is -2.24. The van der Waals surface area contributed by atoms with Crippen molar-refractivity contribution in [3.63, 3.8) is 0 Å². The van der Waals surface area contributed by atoms with Gasteiger partial charge in [-0.3, -0.25) is 28.8 Å². The molecule has 13 nitrogen and oxygen atoms in total. The van der Waals surface area contributed by atoms with Crippen molar-refractivity contribution in [2.45, 2.75) is 63.2 Å². The summed E-state index contributed by atoms with van der Waals surface area (Å²) in [6.45, 7) is 1.20. The first-order valence-electron chi connectivity index (χ1n) is 10.8. The number of carboxylic acids is 3. The smallest absolute Gasteiger partial charge is 0.325 e. The summed E-state index contributed by atoms with van der Waals surface area (Å²) < 4.78 is 0. The Kier molecular flexibility index (Phi) is 11.9. The van der Waals surface area contributed by atoms with E-state index in [9.17, 15) is 28.8 Å². The van der Waals surface area contributed by atoms with Gasteiger partial charge in [-0.1, -0.05) is 30.3 Å². The predicted molar refractivity (Wildman–Crippen MR) is 121 cm³/mol. The Bertz CT molecular complexity index is 923. The minimum Gasteiger partial charge on any atom is -0.481 e. The van der Waals surface area contributed by atoms with Crippen molar-refractivity contribution in [3.05, 3.63) is 35.9 Å². The van der Waals surface area contributed by atoms with Crippen molar-refractivity contribution in [2.24, 2.45) is 5.73 Å². The maximum absolute atomic E-state index is 13.0. The number of carboxylic acid groups (broad SMARTS) is 3. The summed E-state index contributed by atoms with van der Waals surface area (Å²) in [7, 11) is 0. The van der Waals surface area contributed by atoms with Crippen LogP contribution in [0.3, 0.4) is 0 Å². The minimum absolute atomic E-state index is 0.0110. The molecule has 1 aromatic carbocycles. The van der Waals surface area contributed by atoms with Crippen molar-refractivity contribution < 1.29 is 44.1 Å². The summed E-state index contributed by atoms with van der Waals surface area (Å²) in [5.41, 5.74) is 6.38. The third-order valence-electron chi connectivity index (χ3n) is 4.93. The molecule has 0 fully saturated rings. The fourth-order valence-electron chi connectivity index (χ4n) is 2.93. The van der Waals surface area contributed by atoms with Crippen LogP contribution in [-0.4, -0.2) is 75.1 Å². The number of rotatable bonds is 15. The monoisotopic (exact) mass is 494 g/mol. The summed E-state index contributed by atoms with van der Waals surface area (Å²) in [6.07, 6.45) is -1.36. The molecule has 0 heterocycles. The van der Waals surface area contributed by atoms with E-state index >= 15 is 0 Å². The summed E-state index contributed by atoms with van der Waals surface area (Å²) in [5.74, 6) is -6.23. The number of amides is 3. The lowest BCUT2D eigenvalue weighted by atomic mass is 10.0. The average Bonchev–Trinajstić information content (AvgIpc) is 2.79. The molecule has 1 rings (SSSR count). The van der Waals surface area contributed by atoms with Crippen molar-refractivity contribution in [3.8, 4) is 0 Å². The zero-order chi connectivity index (χ0) is 26.5. The fraction of sp³-hybridized carbons (Fsp3) is 0.455. The molecule has 4 atom stereocenters. The van der Waals surface area contributed by atoms with Crippen molar-refractivity contribution >= 4 is 35.6 Å². The lowest BCUT2D eigenvalue weighted by Crippen LogP contribution is -2.57. The Morgan fingerprint density at radius 2 is 1.29 bits per heavy atom. The van der Waals surface area contributed by atoms with Gasteiger partial charge in [-0.15, -0.1) is 0 Å². The van der Waals surface area contributed by atoms with Gasteiger partial charge in [0.15, 0.2) is 0 Å². The van der Waals surface area contributed by atoms with Gasteiger partial charge in [0, 0.05) is 19.3 Å². The molecule has 0 spiro atoms. The van der Waals surface area contributed by atoms with Gasteiger partial charge < -0.3 is 37.0 Å². The molecule has 192 valence electrons. The number of carbonyl (C=O) groups is 6. The molecule has 0 saturated heterocycles. The van der Waals surface area contributed by atoms with Crippen LogP contribution >= 0.6 is 0 Å². The topological polar surface area (TPSA) is 225 Å². The predicted octanol–water partition coefficient (Wildman–Crippen LogP) is -1.16. The van der Waals surface area contributed by atoms with Crippen LogP contribution in [0.5, 0.6) is 0 Å². The maximum Gasteiger partial charge on any atom is 0.325 e. The van der Waals surface area contributed by atoms with Gasteiger partial charge in [0.2, 0.25) is 17.7 Å². The second-order valence-corrected chi connectivity index (χ2v) is 7.85. The van der Waals surface area contributed by atoms with Crippen LogP contribution in [0.15, 0.2) is 30.3 Å². The molecule has 13 heteroatoms. The van der Waals surface area contributed by atoms with Crippen molar-refractivity contribution in [1.29, 1.82) is 0 Å². The summed E-state index contributed by atoms with van der Waals surface area (Å²) in [4.78, 5) is 70.8. The molecule has 4 unspecified atom stereocenters. The van der Waals surface area contributed by atoms with E-state index in [0.717, 1.165) is 0 Å². The van der Waals surface area contributed by atoms with Gasteiger partial charge in [0.1, 0.15) is 18.1 Å². The zero-order valence-electron chi connectivity index (χ0n) is 19.1. The Morgan fingerprint density at radius 3 is 1.83 bits per heavy atom. The van der Waals surface area contributed by atoms with Gasteiger partial charge in [-0.25, -0.2) is 0 Å². The molecule has 0 aliphatic heterocycles. The van der Waals surface area contributed by atoms with Gasteiger partial charge in [-0.2, -0.15) is 0 Å². The Balaban J connectivity index is 3.06. The highest BCUT2D eigenvalue weighted by Crippen LogP contribution is 2.07. The molecule has 0 bridgehead atoms. The van der Waals surface area contributed by atoms with Gasteiger partial charge in [0.05, 0.1) is 6.04 Å². The van der Waals surface area contributed by atoms with Gasteiger partial charge >= 0.3 is 17.9 Å². The van der Waals surface area contributed by atoms with Gasteiger partial charge in [-0.05, 0) is 25.3 Å². The SMILES string of the molecule is CC(NC(=O)C(CCC(=O)O)NC(=O)C(Cc1ccccc1)NC(=O)C(N)CCC(=O)O)C(=O)O. The molecule has 0 aliphatic rings. The van der Waals surface area contributed by atoms with E-state index in [2.05, 4.69) is 16.0 Å². The highest BCUT2D eigenvalue weighted by Gasteiger charge is 2.30. The first kappa shape index (κ1) is 29.0. The summed E-state index contributed by atoms with van der Waals surface area (Å²) >= 11 is 0. The normalized spacial score (nSPS) is 14.0. The van der Waals surface area contributed by atoms with E-state index in [4.69, 9.17) is 21.1 Å². The number of aliphatic carboxylic acids is 3. The van der Waals surface area contributed by atoms with Crippen LogP contribution in [0, 0.1) is 0 Å². The van der Waals surface area contributed by atoms with Crippen molar-refractivity contribution in [2.75, 3.05) is 0 Å². The number of hydrogen-bond donors (Lipinski definition) is 7. The van der Waals surface area contributed by atoms with E-state index in [-0.39, 0.29) is 25.7 Å².